The van der Waals surface area contributed by atoms with Gasteiger partial charge in [-0.1, -0.05) is 0 Å². The summed E-state index contributed by atoms with van der Waals surface area (Å²) in [6.07, 6.45) is -32.3. The molecule has 4 fully saturated rings. The predicted molar refractivity (Wildman–Crippen MR) is 284 cm³/mol. The van der Waals surface area contributed by atoms with E-state index in [0.717, 1.165) is 48.5 Å². The van der Waals surface area contributed by atoms with Gasteiger partial charge in [0.25, 0.3) is 0 Å². The van der Waals surface area contributed by atoms with E-state index in [9.17, 15) is 112 Å². The zero-order valence-corrected chi connectivity index (χ0v) is 45.1. The van der Waals surface area contributed by atoms with Crippen molar-refractivity contribution in [3.63, 3.8) is 0 Å². The number of aliphatic hydroxyl groups is 12. The molecule has 0 amide bonds. The minimum absolute atomic E-state index is 0. The third-order valence-corrected chi connectivity index (χ3v) is 14.6. The Morgan fingerprint density at radius 2 is 0.713 bits per heavy atom. The summed E-state index contributed by atoms with van der Waals surface area (Å²) < 4.78 is 55.6. The quantitative estimate of drug-likeness (QED) is 0.0517. The van der Waals surface area contributed by atoms with Gasteiger partial charge in [0.1, 0.15) is 130 Å². The molecule has 22 N–H and O–H groups in total. The van der Waals surface area contributed by atoms with Crippen LogP contribution in [-0.2, 0) is 28.4 Å². The van der Waals surface area contributed by atoms with Crippen molar-refractivity contribution in [2.24, 2.45) is 0 Å². The predicted octanol–water partition coefficient (Wildman–Crippen LogP) is -4.20. The number of hydrogen-bond donors (Lipinski definition) is 20. The highest BCUT2D eigenvalue weighted by Gasteiger charge is 2.50. The molecular formula is C54H62O33. The maximum Gasteiger partial charge on any atom is 0.239 e. The monoisotopic (exact) mass is 1240 g/mol. The molecule has 0 unspecified atom stereocenters. The van der Waals surface area contributed by atoms with Crippen molar-refractivity contribution in [2.75, 3.05) is 13.2 Å². The van der Waals surface area contributed by atoms with Crippen LogP contribution >= 0.6 is 0 Å². The van der Waals surface area contributed by atoms with E-state index in [-0.39, 0.29) is 27.8 Å². The lowest BCUT2D eigenvalue weighted by Crippen LogP contribution is -2.61. The molecule has 0 spiro atoms. The molecule has 87 heavy (non-hydrogen) atoms. The highest BCUT2D eigenvalue weighted by Crippen LogP contribution is 2.42. The number of aromatic hydroxyl groups is 8. The third-order valence-electron chi connectivity index (χ3n) is 14.6. The Morgan fingerprint density at radius 1 is 0.379 bits per heavy atom. The second kappa shape index (κ2) is 26.1. The van der Waals surface area contributed by atoms with Crippen molar-refractivity contribution in [1.82, 2.24) is 0 Å². The SMILES string of the molecule is C[C@@H]1O[C@@H](OC[C@H]2O[C@@H](Oc3c(-c4ccc(O)c(O)c4)oc4cc(O)cc(O)c4c3=O)[C@H](O)[C@@H](O)[C@@H]2O)[C@H](O)[C@H](O)[C@H]1O.C[C@@H]1O[C@@H](OC[C@H]2O[C@@H](Oc3c(-c4ccc(O)c(O)c4)oc4cc(O)cc(O)c4c3=O)[C@H](O)[C@@H](O)[C@@H]2O)[C@H](O)[C@H](O)[C@H]1O.O. The summed E-state index contributed by atoms with van der Waals surface area (Å²) in [5, 5.41) is 203. The lowest BCUT2D eigenvalue weighted by atomic mass is 9.98. The van der Waals surface area contributed by atoms with Crippen molar-refractivity contribution in [3.8, 4) is 80.1 Å². The number of fused-ring (bicyclic) bond motifs is 2. The Bertz CT molecular complexity index is 3310. The van der Waals surface area contributed by atoms with Gasteiger partial charge in [-0.15, -0.1) is 0 Å². The molecule has 4 aromatic carbocycles. The fraction of sp³-hybridized carbons (Fsp3) is 0.444. The summed E-state index contributed by atoms with van der Waals surface area (Å²) in [5.41, 5.74) is -2.70. The van der Waals surface area contributed by atoms with Crippen LogP contribution in [0.15, 0.2) is 79.1 Å². The third kappa shape index (κ3) is 12.9. The van der Waals surface area contributed by atoms with Crippen LogP contribution in [0, 0.1) is 0 Å². The van der Waals surface area contributed by atoms with Gasteiger partial charge in [-0.2, -0.15) is 0 Å². The summed E-state index contributed by atoms with van der Waals surface area (Å²) in [6.45, 7) is 1.64. The molecule has 33 nitrogen and oxygen atoms in total. The van der Waals surface area contributed by atoms with Gasteiger partial charge in [0.05, 0.1) is 25.4 Å². The molecule has 6 aromatic rings. The van der Waals surface area contributed by atoms with E-state index < -0.39 is 227 Å². The van der Waals surface area contributed by atoms with E-state index in [2.05, 4.69) is 0 Å². The average molecular weight is 1240 g/mol. The Morgan fingerprint density at radius 3 is 1.06 bits per heavy atom. The normalized spacial score (nSPS) is 32.6. The number of hydrogen-bond acceptors (Lipinski definition) is 32. The van der Waals surface area contributed by atoms with Gasteiger partial charge < -0.3 is 154 Å². The first-order chi connectivity index (χ1) is 40.6. The van der Waals surface area contributed by atoms with Crippen LogP contribution in [-0.4, -0.2) is 244 Å². The first kappa shape index (κ1) is 65.5. The standard InChI is InChI=1S/2C27H30O16.H2O/c2*1-8-17(32)20(35)22(37)26(40-8)39-7-15-18(33)21(36)23(38)27(42-15)43-25-19(34)16-13(31)5-10(28)6-14(16)41-24(25)9-2-3-11(29)12(30)4-9;/h2*2-6,8,15,17-18,20-23,26-33,35-38H,7H2,1H3;1H2/t2*8-,15+,17-,18+,20+,21-,22+,23+,26+,27-;/m00./s1. The number of phenols is 8. The van der Waals surface area contributed by atoms with E-state index in [1.165, 1.54) is 26.0 Å². The average Bonchev–Trinajstić information content (AvgIpc) is 0.960. The Balaban J connectivity index is 0.000000223. The Kier molecular flexibility index (Phi) is 19.6. The van der Waals surface area contributed by atoms with Crippen molar-refractivity contribution in [3.05, 3.63) is 81.1 Å². The summed E-state index contributed by atoms with van der Waals surface area (Å²) in [6, 6.07) is 10.5. The highest BCUT2D eigenvalue weighted by atomic mass is 16.7. The Hall–Kier alpha value is -7.46. The van der Waals surface area contributed by atoms with Crippen LogP contribution < -0.4 is 20.3 Å². The molecular weight excluding hydrogens is 1180 g/mol. The molecule has 4 aliphatic rings. The number of rotatable bonds is 12. The van der Waals surface area contributed by atoms with Crippen molar-refractivity contribution in [1.29, 1.82) is 0 Å². The number of phenolic OH excluding ortho intramolecular Hbond substituents is 8. The second-order valence-electron chi connectivity index (χ2n) is 20.6. The first-order valence-electron chi connectivity index (χ1n) is 26.0. The first-order valence-corrected chi connectivity index (χ1v) is 26.0. The van der Waals surface area contributed by atoms with E-state index in [1.54, 1.807) is 0 Å². The maximum atomic E-state index is 13.6. The molecule has 4 aliphatic heterocycles. The summed E-state index contributed by atoms with van der Waals surface area (Å²) >= 11 is 0. The van der Waals surface area contributed by atoms with Gasteiger partial charge in [0, 0.05) is 35.4 Å². The van der Waals surface area contributed by atoms with E-state index in [1.807, 2.05) is 0 Å². The van der Waals surface area contributed by atoms with Crippen molar-refractivity contribution < 1.29 is 154 Å². The topological polar surface area (TPSA) is 570 Å². The molecule has 33 heteroatoms. The molecule has 2 aromatic heterocycles. The smallest absolute Gasteiger partial charge is 0.239 e. The Labute approximate surface area is 486 Å². The summed E-state index contributed by atoms with van der Waals surface area (Å²) in [4.78, 5) is 27.1. The zero-order chi connectivity index (χ0) is 62.7. The molecule has 6 heterocycles. The molecule has 0 saturated carbocycles. The molecule has 4 saturated heterocycles. The van der Waals surface area contributed by atoms with E-state index in [4.69, 9.17) is 46.7 Å². The maximum absolute atomic E-state index is 13.6. The fourth-order valence-electron chi connectivity index (χ4n) is 9.68. The highest BCUT2D eigenvalue weighted by molar-refractivity contribution is 5.89. The lowest BCUT2D eigenvalue weighted by molar-refractivity contribution is -0.318. The van der Waals surface area contributed by atoms with Crippen LogP contribution in [0.3, 0.4) is 0 Å². The molecule has 20 atom stereocenters. The van der Waals surface area contributed by atoms with Crippen LogP contribution in [0.1, 0.15) is 13.8 Å². The van der Waals surface area contributed by atoms with Gasteiger partial charge in [-0.25, -0.2) is 0 Å². The minimum Gasteiger partial charge on any atom is -0.508 e. The molecule has 476 valence electrons. The lowest BCUT2D eigenvalue weighted by Gasteiger charge is -2.42. The van der Waals surface area contributed by atoms with Gasteiger partial charge >= 0.3 is 0 Å². The van der Waals surface area contributed by atoms with Gasteiger partial charge in [-0.3, -0.25) is 9.59 Å². The largest absolute Gasteiger partial charge is 0.508 e. The summed E-state index contributed by atoms with van der Waals surface area (Å²) in [7, 11) is 0. The van der Waals surface area contributed by atoms with Gasteiger partial charge in [-0.05, 0) is 50.2 Å². The molecule has 10 rings (SSSR count). The number of aliphatic hydroxyl groups excluding tert-OH is 12. The second-order valence-corrected chi connectivity index (χ2v) is 20.6. The zero-order valence-electron chi connectivity index (χ0n) is 45.1. The number of ether oxygens (including phenoxy) is 8. The summed E-state index contributed by atoms with van der Waals surface area (Å²) in [5.74, 6) is -6.66. The molecule has 0 radical (unpaired) electrons. The van der Waals surface area contributed by atoms with Crippen LogP contribution in [0.2, 0.25) is 0 Å². The van der Waals surface area contributed by atoms with Gasteiger partial charge in [0.15, 0.2) is 47.1 Å². The van der Waals surface area contributed by atoms with Crippen LogP contribution in [0.5, 0.6) is 57.5 Å². The number of benzene rings is 4. The fourth-order valence-corrected chi connectivity index (χ4v) is 9.68. The van der Waals surface area contributed by atoms with Crippen LogP contribution in [0.25, 0.3) is 44.6 Å². The van der Waals surface area contributed by atoms with Gasteiger partial charge in [0.2, 0.25) is 34.9 Å². The van der Waals surface area contributed by atoms with Crippen molar-refractivity contribution >= 4 is 21.9 Å². The van der Waals surface area contributed by atoms with E-state index in [0.29, 0.717) is 0 Å². The molecule has 0 aliphatic carbocycles. The van der Waals surface area contributed by atoms with E-state index >= 15 is 0 Å². The van der Waals surface area contributed by atoms with Crippen LogP contribution in [0.4, 0.5) is 0 Å². The minimum atomic E-state index is -1.97. The molecule has 0 bridgehead atoms. The van der Waals surface area contributed by atoms with Crippen molar-refractivity contribution in [2.45, 2.75) is 137 Å².